The van der Waals surface area contributed by atoms with Crippen LogP contribution >= 0.6 is 0 Å². The summed E-state index contributed by atoms with van der Waals surface area (Å²) in [5, 5.41) is 21.1. The van der Waals surface area contributed by atoms with E-state index in [1.807, 2.05) is 26.8 Å². The summed E-state index contributed by atoms with van der Waals surface area (Å²) in [6.07, 6.45) is 4.81. The molecule has 3 aliphatic heterocycles. The maximum Gasteiger partial charge on any atom is 0.335 e. The molecule has 2 N–H and O–H groups in total. The summed E-state index contributed by atoms with van der Waals surface area (Å²) in [5.41, 5.74) is -1.86. The standard InChI is InChI=1S/C33H46O11/c1-6-9-27(35)42-23-16-32-17-40-30(38)29(37)19(2)12-13-39-22(21(4)34)10-7-8-11-28(36)44-24-15-26(43-25(32)14-20(23)3)33(18-41-33)31(24,32)5/h7-8,10-11,14,19,21-26,29,34,37H,6,9,12-13,15-18H2,1-5H3/b10-7+,11-8-/t19-,21+,22-,23+,24-,25-,26-,29+,31-,32-,33+/m1/s1. The minimum absolute atomic E-state index is 0.173. The van der Waals surface area contributed by atoms with Crippen LogP contribution in [0.1, 0.15) is 66.7 Å². The molecule has 5 aliphatic rings. The second-order valence-electron chi connectivity index (χ2n) is 13.2. The molecule has 3 fully saturated rings. The first-order chi connectivity index (χ1) is 20.9. The Hall–Kier alpha value is -2.57. The lowest BCUT2D eigenvalue weighted by Gasteiger charge is -2.59. The number of epoxide rings is 1. The van der Waals surface area contributed by atoms with Crippen LogP contribution in [0.25, 0.3) is 0 Å². The number of carbonyl (C=O) groups excluding carboxylic acids is 3. The molecule has 0 unspecified atom stereocenters. The van der Waals surface area contributed by atoms with Crippen molar-refractivity contribution in [3.05, 3.63) is 36.0 Å². The maximum atomic E-state index is 13.3. The number of rotatable bonds is 4. The summed E-state index contributed by atoms with van der Waals surface area (Å²) in [5.74, 6) is -2.19. The van der Waals surface area contributed by atoms with Crippen molar-refractivity contribution in [2.75, 3.05) is 19.8 Å². The third-order valence-corrected chi connectivity index (χ3v) is 10.5. The van der Waals surface area contributed by atoms with Crippen LogP contribution in [0.5, 0.6) is 0 Å². The predicted octanol–water partition coefficient (Wildman–Crippen LogP) is 2.72. The number of esters is 3. The topological polar surface area (TPSA) is 150 Å². The monoisotopic (exact) mass is 618 g/mol. The number of hydrogen-bond acceptors (Lipinski definition) is 11. The summed E-state index contributed by atoms with van der Waals surface area (Å²) < 4.78 is 36.6. The van der Waals surface area contributed by atoms with Crippen LogP contribution < -0.4 is 0 Å². The van der Waals surface area contributed by atoms with E-state index in [0.29, 0.717) is 25.9 Å². The zero-order valence-electron chi connectivity index (χ0n) is 26.2. The Morgan fingerprint density at radius 2 is 1.95 bits per heavy atom. The lowest BCUT2D eigenvalue weighted by atomic mass is 9.51. The van der Waals surface area contributed by atoms with Crippen LogP contribution in [0.4, 0.5) is 0 Å². The maximum absolute atomic E-state index is 13.3. The van der Waals surface area contributed by atoms with Gasteiger partial charge in [-0.1, -0.05) is 45.1 Å². The third kappa shape index (κ3) is 5.66. The Morgan fingerprint density at radius 1 is 1.20 bits per heavy atom. The van der Waals surface area contributed by atoms with Gasteiger partial charge in [0.1, 0.15) is 30.5 Å². The number of hydrogen-bond donors (Lipinski definition) is 2. The highest BCUT2D eigenvalue weighted by atomic mass is 16.6. The van der Waals surface area contributed by atoms with E-state index in [4.69, 9.17) is 28.4 Å². The molecule has 2 saturated heterocycles. The highest BCUT2D eigenvalue weighted by Crippen LogP contribution is 2.72. The highest BCUT2D eigenvalue weighted by molar-refractivity contribution is 5.82. The Balaban J connectivity index is 1.54. The van der Waals surface area contributed by atoms with E-state index in [0.717, 1.165) is 5.57 Å². The lowest BCUT2D eigenvalue weighted by molar-refractivity contribution is -0.242. The van der Waals surface area contributed by atoms with Gasteiger partial charge >= 0.3 is 17.9 Å². The molecular weight excluding hydrogens is 572 g/mol. The predicted molar refractivity (Wildman–Crippen MR) is 156 cm³/mol. The van der Waals surface area contributed by atoms with Crippen LogP contribution in [0.2, 0.25) is 0 Å². The van der Waals surface area contributed by atoms with Crippen molar-refractivity contribution in [1.82, 2.24) is 0 Å². The van der Waals surface area contributed by atoms with Crippen molar-refractivity contribution in [1.29, 1.82) is 0 Å². The summed E-state index contributed by atoms with van der Waals surface area (Å²) in [4.78, 5) is 39.2. The minimum atomic E-state index is -1.43. The molecule has 0 aromatic rings. The number of aliphatic hydroxyl groups excluding tert-OH is 2. The molecule has 2 bridgehead atoms. The number of allylic oxidation sites excluding steroid dienone is 2. The summed E-state index contributed by atoms with van der Waals surface area (Å²) >= 11 is 0. The molecule has 11 nitrogen and oxygen atoms in total. The van der Waals surface area contributed by atoms with E-state index in [9.17, 15) is 24.6 Å². The van der Waals surface area contributed by atoms with Gasteiger partial charge in [0, 0.05) is 31.9 Å². The quantitative estimate of drug-likeness (QED) is 0.207. The van der Waals surface area contributed by atoms with Gasteiger partial charge < -0.3 is 38.6 Å². The van der Waals surface area contributed by atoms with E-state index in [2.05, 4.69) is 0 Å². The van der Waals surface area contributed by atoms with Crippen LogP contribution in [0.15, 0.2) is 36.0 Å². The van der Waals surface area contributed by atoms with Gasteiger partial charge in [-0.3, -0.25) is 4.79 Å². The van der Waals surface area contributed by atoms with Gasteiger partial charge in [0.2, 0.25) is 0 Å². The van der Waals surface area contributed by atoms with E-state index in [1.54, 1.807) is 26.0 Å². The minimum Gasteiger partial charge on any atom is -0.463 e. The number of ether oxygens (including phenoxy) is 6. The van der Waals surface area contributed by atoms with E-state index >= 15 is 0 Å². The molecule has 2 spiro atoms. The normalized spacial score (nSPS) is 44.6. The molecule has 2 aliphatic carbocycles. The van der Waals surface area contributed by atoms with Gasteiger partial charge in [-0.25, -0.2) is 9.59 Å². The van der Waals surface area contributed by atoms with Crippen LogP contribution in [-0.2, 0) is 42.8 Å². The summed E-state index contributed by atoms with van der Waals surface area (Å²) in [7, 11) is 0. The number of cyclic esters (lactones) is 1. The molecule has 3 heterocycles. The van der Waals surface area contributed by atoms with Crippen molar-refractivity contribution in [3.8, 4) is 0 Å². The van der Waals surface area contributed by atoms with Crippen LogP contribution in [-0.4, -0.2) is 96.3 Å². The number of carbonyl (C=O) groups is 3. The van der Waals surface area contributed by atoms with Crippen molar-refractivity contribution in [2.45, 2.75) is 115 Å². The van der Waals surface area contributed by atoms with Crippen molar-refractivity contribution in [3.63, 3.8) is 0 Å². The van der Waals surface area contributed by atoms with E-state index in [-0.39, 0.29) is 38.1 Å². The molecule has 244 valence electrons. The Bertz CT molecular complexity index is 1200. The third-order valence-electron chi connectivity index (χ3n) is 10.5. The van der Waals surface area contributed by atoms with Gasteiger partial charge in [0.05, 0.1) is 35.7 Å². The molecule has 5 rings (SSSR count). The first-order valence-electron chi connectivity index (χ1n) is 15.8. The number of aliphatic hydroxyl groups is 2. The summed E-state index contributed by atoms with van der Waals surface area (Å²) in [6.45, 7) is 9.49. The average Bonchev–Trinajstić information content (AvgIpc) is 3.75. The van der Waals surface area contributed by atoms with Crippen molar-refractivity contribution >= 4 is 17.9 Å². The van der Waals surface area contributed by atoms with Gasteiger partial charge in [0.25, 0.3) is 0 Å². The van der Waals surface area contributed by atoms with E-state index < -0.39 is 70.9 Å². The fraction of sp³-hybridized carbons (Fsp3) is 0.727. The van der Waals surface area contributed by atoms with Gasteiger partial charge in [-0.05, 0) is 38.2 Å². The molecule has 11 heteroatoms. The van der Waals surface area contributed by atoms with Crippen LogP contribution in [0.3, 0.4) is 0 Å². The zero-order chi connectivity index (χ0) is 31.9. The van der Waals surface area contributed by atoms with Crippen molar-refractivity contribution < 1.29 is 53.0 Å². The molecular formula is C33H46O11. The molecule has 0 amide bonds. The Labute approximate surface area is 258 Å². The van der Waals surface area contributed by atoms with Gasteiger partial charge in [0.15, 0.2) is 6.10 Å². The Morgan fingerprint density at radius 3 is 2.64 bits per heavy atom. The average molecular weight is 619 g/mol. The fourth-order valence-electron chi connectivity index (χ4n) is 7.59. The molecule has 11 atom stereocenters. The second kappa shape index (κ2) is 12.7. The van der Waals surface area contributed by atoms with E-state index in [1.165, 1.54) is 12.2 Å². The highest BCUT2D eigenvalue weighted by Gasteiger charge is 2.83. The molecule has 44 heavy (non-hydrogen) atoms. The van der Waals surface area contributed by atoms with Crippen LogP contribution in [0, 0.1) is 16.7 Å². The molecule has 0 radical (unpaired) electrons. The fourth-order valence-corrected chi connectivity index (χ4v) is 7.59. The largest absolute Gasteiger partial charge is 0.463 e. The SMILES string of the molecule is CCCC(=O)O[C@H]1C[C@@]23COC(=O)[C@@H](O)[C@H](C)CCO[C@@H]([C@H](C)O)/C=C/C=C\C(=O)O[C@@H]4C[C@@H](O[C@@H]2C=C1C)[C@@]1(CO1)[C@]43C. The summed E-state index contributed by atoms with van der Waals surface area (Å²) in [6, 6.07) is 0. The van der Waals surface area contributed by atoms with Gasteiger partial charge in [-0.2, -0.15) is 0 Å². The smallest absolute Gasteiger partial charge is 0.335 e. The lowest BCUT2D eigenvalue weighted by Crippen LogP contribution is -2.68. The second-order valence-corrected chi connectivity index (χ2v) is 13.2. The molecule has 0 aromatic carbocycles. The Kier molecular flexibility index (Phi) is 9.45. The molecule has 1 saturated carbocycles. The molecule has 0 aromatic heterocycles. The zero-order valence-corrected chi connectivity index (χ0v) is 26.2. The first kappa shape index (κ1) is 32.8. The first-order valence-corrected chi connectivity index (χ1v) is 15.8. The van der Waals surface area contributed by atoms with Gasteiger partial charge in [-0.15, -0.1) is 0 Å². The van der Waals surface area contributed by atoms with Crippen molar-refractivity contribution in [2.24, 2.45) is 16.7 Å².